The molecule has 1 N–H and O–H groups in total. The fourth-order valence-electron chi connectivity index (χ4n) is 1.29. The van der Waals surface area contributed by atoms with Gasteiger partial charge in [-0.15, -0.1) is 11.3 Å². The number of aromatic hydroxyl groups is 1. The van der Waals surface area contributed by atoms with Crippen LogP contribution in [0, 0.1) is 5.82 Å². The number of carbonyl (C=O) groups excluding carboxylic acids is 1. The van der Waals surface area contributed by atoms with Crippen LogP contribution in [-0.2, 0) is 4.74 Å². The third kappa shape index (κ3) is 2.45. The Morgan fingerprint density at radius 3 is 3.00 bits per heavy atom. The van der Waals surface area contributed by atoms with Gasteiger partial charge < -0.3 is 9.84 Å². The number of aromatic nitrogens is 2. The Kier molecular flexibility index (Phi) is 3.52. The largest absolute Gasteiger partial charge is 0.492 e. The minimum atomic E-state index is -0.650. The van der Waals surface area contributed by atoms with E-state index in [1.807, 2.05) is 0 Å². The molecule has 0 atom stereocenters. The molecule has 0 radical (unpaired) electrons. The molecule has 0 unspecified atom stereocenters. The van der Waals surface area contributed by atoms with Crippen molar-refractivity contribution in [2.45, 2.75) is 6.92 Å². The molecule has 0 saturated carbocycles. The normalized spacial score (nSPS) is 10.3. The lowest BCUT2D eigenvalue weighted by Gasteiger charge is -1.97. The van der Waals surface area contributed by atoms with Gasteiger partial charge in [0.2, 0.25) is 5.88 Å². The van der Waals surface area contributed by atoms with Gasteiger partial charge >= 0.3 is 5.97 Å². The Morgan fingerprint density at radius 1 is 1.56 bits per heavy atom. The summed E-state index contributed by atoms with van der Waals surface area (Å²) in [5, 5.41) is 9.85. The van der Waals surface area contributed by atoms with Gasteiger partial charge in [0.05, 0.1) is 12.8 Å². The summed E-state index contributed by atoms with van der Waals surface area (Å²) in [5.74, 6) is -1.58. The summed E-state index contributed by atoms with van der Waals surface area (Å²) in [4.78, 5) is 18.9. The van der Waals surface area contributed by atoms with Crippen molar-refractivity contribution in [3.63, 3.8) is 0 Å². The molecule has 0 aliphatic heterocycles. The van der Waals surface area contributed by atoms with E-state index < -0.39 is 17.7 Å². The third-order valence-electron chi connectivity index (χ3n) is 2.02. The SMILES string of the molecule is CCOC(=O)c1sc(-c2cncc(F)c2)nc1O. The maximum Gasteiger partial charge on any atom is 0.353 e. The van der Waals surface area contributed by atoms with Crippen molar-refractivity contribution in [3.8, 4) is 16.5 Å². The maximum atomic E-state index is 13.0. The Balaban J connectivity index is 2.37. The van der Waals surface area contributed by atoms with Gasteiger partial charge in [0.15, 0.2) is 4.88 Å². The van der Waals surface area contributed by atoms with E-state index in [9.17, 15) is 14.3 Å². The number of esters is 1. The van der Waals surface area contributed by atoms with E-state index in [0.717, 1.165) is 17.5 Å². The fraction of sp³-hybridized carbons (Fsp3) is 0.182. The average molecular weight is 268 g/mol. The van der Waals surface area contributed by atoms with Crippen LogP contribution in [0.15, 0.2) is 18.5 Å². The first-order valence-corrected chi connectivity index (χ1v) is 5.91. The lowest BCUT2D eigenvalue weighted by molar-refractivity contribution is 0.0528. The predicted molar refractivity (Wildman–Crippen MR) is 62.9 cm³/mol. The lowest BCUT2D eigenvalue weighted by atomic mass is 10.3. The predicted octanol–water partition coefficient (Wildman–Crippen LogP) is 2.23. The van der Waals surface area contributed by atoms with Gasteiger partial charge in [-0.25, -0.2) is 14.2 Å². The summed E-state index contributed by atoms with van der Waals surface area (Å²) in [6, 6.07) is 1.22. The second-order valence-electron chi connectivity index (χ2n) is 3.28. The molecule has 0 fully saturated rings. The van der Waals surface area contributed by atoms with E-state index in [1.54, 1.807) is 6.92 Å². The molecule has 7 heteroatoms. The Bertz CT molecular complexity index is 585. The monoisotopic (exact) mass is 268 g/mol. The van der Waals surface area contributed by atoms with Gasteiger partial charge in [-0.1, -0.05) is 0 Å². The van der Waals surface area contributed by atoms with Crippen molar-refractivity contribution in [3.05, 3.63) is 29.2 Å². The molecule has 0 aromatic carbocycles. The molecule has 0 bridgehead atoms. The van der Waals surface area contributed by atoms with Gasteiger partial charge in [0.1, 0.15) is 10.8 Å². The van der Waals surface area contributed by atoms with Crippen molar-refractivity contribution in [2.24, 2.45) is 0 Å². The summed E-state index contributed by atoms with van der Waals surface area (Å²) in [5.41, 5.74) is 0.394. The number of hydrogen-bond acceptors (Lipinski definition) is 6. The molecule has 2 heterocycles. The molecule has 94 valence electrons. The van der Waals surface area contributed by atoms with Crippen molar-refractivity contribution >= 4 is 17.3 Å². The number of carbonyl (C=O) groups is 1. The Labute approximate surface area is 106 Å². The number of halogens is 1. The van der Waals surface area contributed by atoms with Crippen LogP contribution in [0.3, 0.4) is 0 Å². The topological polar surface area (TPSA) is 72.3 Å². The highest BCUT2D eigenvalue weighted by atomic mass is 32.1. The van der Waals surface area contributed by atoms with Crippen LogP contribution in [-0.4, -0.2) is 27.7 Å². The van der Waals surface area contributed by atoms with Gasteiger partial charge in [-0.05, 0) is 13.0 Å². The number of hydrogen-bond donors (Lipinski definition) is 1. The van der Waals surface area contributed by atoms with E-state index in [2.05, 4.69) is 9.97 Å². The van der Waals surface area contributed by atoms with Crippen molar-refractivity contribution in [2.75, 3.05) is 6.61 Å². The maximum absolute atomic E-state index is 13.0. The minimum absolute atomic E-state index is 0.00360. The molecular formula is C11H9FN2O3S. The molecule has 0 saturated heterocycles. The zero-order chi connectivity index (χ0) is 13.1. The first kappa shape index (κ1) is 12.4. The summed E-state index contributed by atoms with van der Waals surface area (Å²) < 4.78 is 17.8. The lowest BCUT2D eigenvalue weighted by Crippen LogP contribution is -2.02. The zero-order valence-electron chi connectivity index (χ0n) is 9.38. The van der Waals surface area contributed by atoms with Crippen LogP contribution < -0.4 is 0 Å². The first-order chi connectivity index (χ1) is 8.61. The molecule has 0 spiro atoms. The number of ether oxygens (including phenoxy) is 1. The van der Waals surface area contributed by atoms with E-state index >= 15 is 0 Å². The quantitative estimate of drug-likeness (QED) is 0.864. The second-order valence-corrected chi connectivity index (χ2v) is 4.28. The van der Waals surface area contributed by atoms with E-state index in [0.29, 0.717) is 10.6 Å². The van der Waals surface area contributed by atoms with Gasteiger partial charge in [-0.2, -0.15) is 0 Å². The summed E-state index contributed by atoms with van der Waals surface area (Å²) in [6.45, 7) is 1.86. The number of nitrogens with zero attached hydrogens (tertiary/aromatic N) is 2. The van der Waals surface area contributed by atoms with Crippen LogP contribution in [0.1, 0.15) is 16.6 Å². The fourth-order valence-corrected chi connectivity index (χ4v) is 2.13. The molecular weight excluding hydrogens is 259 g/mol. The highest BCUT2D eigenvalue weighted by Crippen LogP contribution is 2.32. The van der Waals surface area contributed by atoms with E-state index in [-0.39, 0.29) is 11.5 Å². The number of thiazole rings is 1. The van der Waals surface area contributed by atoms with E-state index in [1.165, 1.54) is 12.3 Å². The van der Waals surface area contributed by atoms with Crippen molar-refractivity contribution in [1.82, 2.24) is 9.97 Å². The highest BCUT2D eigenvalue weighted by Gasteiger charge is 2.19. The molecule has 0 aliphatic carbocycles. The number of rotatable bonds is 3. The standard InChI is InChI=1S/C11H9FN2O3S/c1-2-17-11(16)8-9(15)14-10(18-8)6-3-7(12)5-13-4-6/h3-5,15H,2H2,1H3. The summed E-state index contributed by atoms with van der Waals surface area (Å²) in [6.07, 6.45) is 2.46. The van der Waals surface area contributed by atoms with Crippen LogP contribution in [0.4, 0.5) is 4.39 Å². The number of pyridine rings is 1. The van der Waals surface area contributed by atoms with Crippen LogP contribution >= 0.6 is 11.3 Å². The molecule has 5 nitrogen and oxygen atoms in total. The van der Waals surface area contributed by atoms with Crippen molar-refractivity contribution in [1.29, 1.82) is 0 Å². The first-order valence-electron chi connectivity index (χ1n) is 5.09. The smallest absolute Gasteiger partial charge is 0.353 e. The molecule has 2 aromatic rings. The molecule has 18 heavy (non-hydrogen) atoms. The summed E-state index contributed by atoms with van der Waals surface area (Å²) >= 11 is 0.927. The van der Waals surface area contributed by atoms with Gasteiger partial charge in [0.25, 0.3) is 0 Å². The third-order valence-corrected chi connectivity index (χ3v) is 3.10. The van der Waals surface area contributed by atoms with Crippen LogP contribution in [0.25, 0.3) is 10.6 Å². The van der Waals surface area contributed by atoms with Gasteiger partial charge in [0, 0.05) is 11.8 Å². The minimum Gasteiger partial charge on any atom is -0.492 e. The Morgan fingerprint density at radius 2 is 2.33 bits per heavy atom. The van der Waals surface area contributed by atoms with Crippen LogP contribution in [0.5, 0.6) is 5.88 Å². The molecule has 2 rings (SSSR count). The Hall–Kier alpha value is -2.02. The summed E-state index contributed by atoms with van der Waals surface area (Å²) in [7, 11) is 0. The average Bonchev–Trinajstić information content (AvgIpc) is 2.72. The van der Waals surface area contributed by atoms with Gasteiger partial charge in [-0.3, -0.25) is 4.98 Å². The van der Waals surface area contributed by atoms with Crippen molar-refractivity contribution < 1.29 is 19.0 Å². The molecule has 0 amide bonds. The molecule has 2 aromatic heterocycles. The molecule has 0 aliphatic rings. The van der Waals surface area contributed by atoms with E-state index in [4.69, 9.17) is 4.74 Å². The zero-order valence-corrected chi connectivity index (χ0v) is 10.2. The second kappa shape index (κ2) is 5.09. The highest BCUT2D eigenvalue weighted by molar-refractivity contribution is 7.17. The van der Waals surface area contributed by atoms with Crippen LogP contribution in [0.2, 0.25) is 0 Å².